The molecule has 1 unspecified atom stereocenters. The van der Waals surface area contributed by atoms with E-state index in [1.165, 1.54) is 31.8 Å². The highest BCUT2D eigenvalue weighted by Crippen LogP contribution is 2.16. The summed E-state index contributed by atoms with van der Waals surface area (Å²) in [6.45, 7) is 3.14. The Labute approximate surface area is 79.0 Å². The molecular weight excluding hydrogens is 166 g/mol. The molecule has 0 aromatic rings. The molecule has 0 aromatic carbocycles. The fourth-order valence-corrected chi connectivity index (χ4v) is 1.68. The van der Waals surface area contributed by atoms with Crippen molar-refractivity contribution in [2.45, 2.75) is 38.6 Å². The Kier molecular flexibility index (Phi) is 3.80. The van der Waals surface area contributed by atoms with Gasteiger partial charge in [0.15, 0.2) is 0 Å². The van der Waals surface area contributed by atoms with Gasteiger partial charge in [0.25, 0.3) is 0 Å². The lowest BCUT2D eigenvalue weighted by Gasteiger charge is -2.24. The number of carbonyl (C=O) groups is 1. The summed E-state index contributed by atoms with van der Waals surface area (Å²) in [5.41, 5.74) is 0. The van der Waals surface area contributed by atoms with Gasteiger partial charge in [0.1, 0.15) is 0 Å². The van der Waals surface area contributed by atoms with Crippen LogP contribution in [0.4, 0.5) is 0 Å². The highest BCUT2D eigenvalue weighted by atomic mass is 16.4. The maximum Gasteiger partial charge on any atom is 0.329 e. The predicted molar refractivity (Wildman–Crippen MR) is 51.4 cm³/mol. The largest absolute Gasteiger partial charge is 0.478 e. The zero-order valence-electron chi connectivity index (χ0n) is 8.07. The van der Waals surface area contributed by atoms with E-state index in [0.29, 0.717) is 6.04 Å². The SMILES string of the molecule is CC1CCCCCN1C=CC(=O)O. The number of carboxylic acids is 1. The number of rotatable bonds is 2. The van der Waals surface area contributed by atoms with Gasteiger partial charge in [-0.25, -0.2) is 4.79 Å². The average Bonchev–Trinajstić information content (AvgIpc) is 2.27. The van der Waals surface area contributed by atoms with Gasteiger partial charge in [0.05, 0.1) is 0 Å². The summed E-state index contributed by atoms with van der Waals surface area (Å²) in [5.74, 6) is -0.864. The zero-order valence-corrected chi connectivity index (χ0v) is 8.07. The lowest BCUT2D eigenvalue weighted by atomic mass is 10.1. The van der Waals surface area contributed by atoms with Crippen molar-refractivity contribution in [3.05, 3.63) is 12.3 Å². The summed E-state index contributed by atoms with van der Waals surface area (Å²) in [7, 11) is 0. The molecule has 0 saturated carbocycles. The van der Waals surface area contributed by atoms with Crippen LogP contribution in [0.15, 0.2) is 12.3 Å². The second kappa shape index (κ2) is 4.90. The molecule has 0 bridgehead atoms. The molecule has 0 aliphatic carbocycles. The summed E-state index contributed by atoms with van der Waals surface area (Å²) in [5, 5.41) is 8.49. The molecule has 1 fully saturated rings. The fourth-order valence-electron chi connectivity index (χ4n) is 1.68. The second-order valence-corrected chi connectivity index (χ2v) is 3.59. The zero-order chi connectivity index (χ0) is 9.68. The third kappa shape index (κ3) is 3.49. The van der Waals surface area contributed by atoms with E-state index in [2.05, 4.69) is 11.8 Å². The van der Waals surface area contributed by atoms with Gasteiger partial charge in [-0.1, -0.05) is 12.8 Å². The number of likely N-dealkylation sites (tertiary alicyclic amines) is 1. The maximum absolute atomic E-state index is 10.3. The van der Waals surface area contributed by atoms with Crippen LogP contribution in [0.2, 0.25) is 0 Å². The summed E-state index contributed by atoms with van der Waals surface area (Å²) in [6.07, 6.45) is 7.80. The van der Waals surface area contributed by atoms with Crippen LogP contribution < -0.4 is 0 Å². The van der Waals surface area contributed by atoms with Gasteiger partial charge in [0, 0.05) is 24.9 Å². The molecule has 0 radical (unpaired) electrons. The van der Waals surface area contributed by atoms with E-state index in [-0.39, 0.29) is 0 Å². The predicted octanol–water partition coefficient (Wildman–Crippen LogP) is 1.85. The van der Waals surface area contributed by atoms with Crippen molar-refractivity contribution in [2.75, 3.05) is 6.54 Å². The molecule has 0 aromatic heterocycles. The first-order chi connectivity index (χ1) is 6.20. The first-order valence-corrected chi connectivity index (χ1v) is 4.87. The van der Waals surface area contributed by atoms with Crippen molar-refractivity contribution in [2.24, 2.45) is 0 Å². The number of aliphatic carboxylic acids is 1. The van der Waals surface area contributed by atoms with Crippen molar-refractivity contribution in [1.82, 2.24) is 4.90 Å². The molecule has 1 rings (SSSR count). The maximum atomic E-state index is 10.3. The Morgan fingerprint density at radius 1 is 1.46 bits per heavy atom. The van der Waals surface area contributed by atoms with Gasteiger partial charge in [-0.3, -0.25) is 0 Å². The minimum atomic E-state index is -0.864. The quantitative estimate of drug-likeness (QED) is 0.664. The molecule has 1 aliphatic rings. The molecule has 0 amide bonds. The monoisotopic (exact) mass is 183 g/mol. The molecule has 1 aliphatic heterocycles. The van der Waals surface area contributed by atoms with Crippen molar-refractivity contribution in [3.8, 4) is 0 Å². The van der Waals surface area contributed by atoms with E-state index in [4.69, 9.17) is 5.11 Å². The van der Waals surface area contributed by atoms with Crippen LogP contribution in [-0.2, 0) is 4.79 Å². The van der Waals surface area contributed by atoms with E-state index in [1.54, 1.807) is 6.20 Å². The first kappa shape index (κ1) is 10.1. The Balaban J connectivity index is 2.49. The minimum Gasteiger partial charge on any atom is -0.478 e. The Morgan fingerprint density at radius 3 is 2.92 bits per heavy atom. The molecule has 1 atom stereocenters. The fraction of sp³-hybridized carbons (Fsp3) is 0.700. The van der Waals surface area contributed by atoms with E-state index < -0.39 is 5.97 Å². The van der Waals surface area contributed by atoms with Crippen LogP contribution in [0.1, 0.15) is 32.6 Å². The first-order valence-electron chi connectivity index (χ1n) is 4.87. The van der Waals surface area contributed by atoms with Crippen molar-refractivity contribution >= 4 is 5.97 Å². The number of nitrogens with zero attached hydrogens (tertiary/aromatic N) is 1. The normalized spacial score (nSPS) is 24.7. The van der Waals surface area contributed by atoms with Crippen molar-refractivity contribution < 1.29 is 9.90 Å². The third-order valence-electron chi connectivity index (χ3n) is 2.51. The molecule has 13 heavy (non-hydrogen) atoms. The molecular formula is C10H17NO2. The van der Waals surface area contributed by atoms with Gasteiger partial charge in [-0.05, 0) is 19.8 Å². The number of hydrogen-bond acceptors (Lipinski definition) is 2. The van der Waals surface area contributed by atoms with Crippen LogP contribution in [0.3, 0.4) is 0 Å². The van der Waals surface area contributed by atoms with Gasteiger partial charge in [-0.15, -0.1) is 0 Å². The Morgan fingerprint density at radius 2 is 2.23 bits per heavy atom. The number of hydrogen-bond donors (Lipinski definition) is 1. The highest BCUT2D eigenvalue weighted by Gasteiger charge is 2.12. The Bertz CT molecular complexity index is 201. The highest BCUT2D eigenvalue weighted by molar-refractivity contribution is 5.79. The van der Waals surface area contributed by atoms with Gasteiger partial charge in [-0.2, -0.15) is 0 Å². The van der Waals surface area contributed by atoms with Gasteiger partial charge < -0.3 is 10.0 Å². The van der Waals surface area contributed by atoms with Gasteiger partial charge >= 0.3 is 5.97 Å². The van der Waals surface area contributed by atoms with Crippen LogP contribution in [0.25, 0.3) is 0 Å². The van der Waals surface area contributed by atoms with Crippen molar-refractivity contribution in [1.29, 1.82) is 0 Å². The van der Waals surface area contributed by atoms with E-state index in [1.807, 2.05) is 0 Å². The summed E-state index contributed by atoms with van der Waals surface area (Å²) in [4.78, 5) is 12.4. The molecule has 74 valence electrons. The third-order valence-corrected chi connectivity index (χ3v) is 2.51. The van der Waals surface area contributed by atoms with Crippen molar-refractivity contribution in [3.63, 3.8) is 0 Å². The molecule has 3 nitrogen and oxygen atoms in total. The minimum absolute atomic E-state index is 0.484. The van der Waals surface area contributed by atoms with Crippen LogP contribution in [0.5, 0.6) is 0 Å². The van der Waals surface area contributed by atoms with Crippen LogP contribution in [0, 0.1) is 0 Å². The molecule has 1 N–H and O–H groups in total. The number of carboxylic acid groups (broad SMARTS) is 1. The molecule has 0 spiro atoms. The Hall–Kier alpha value is -0.990. The van der Waals surface area contributed by atoms with Gasteiger partial charge in [0.2, 0.25) is 0 Å². The standard InChI is InChI=1S/C10H17NO2/c1-9-5-3-2-4-7-11(9)8-6-10(12)13/h6,8-9H,2-5,7H2,1H3,(H,12,13). The second-order valence-electron chi connectivity index (χ2n) is 3.59. The summed E-state index contributed by atoms with van der Waals surface area (Å²) >= 11 is 0. The topological polar surface area (TPSA) is 40.5 Å². The molecule has 1 saturated heterocycles. The molecule has 3 heteroatoms. The lowest BCUT2D eigenvalue weighted by Crippen LogP contribution is -2.27. The smallest absolute Gasteiger partial charge is 0.329 e. The van der Waals surface area contributed by atoms with E-state index >= 15 is 0 Å². The van der Waals surface area contributed by atoms with Crippen LogP contribution >= 0.6 is 0 Å². The lowest BCUT2D eigenvalue weighted by molar-refractivity contribution is -0.131. The molecule has 1 heterocycles. The summed E-state index contributed by atoms with van der Waals surface area (Å²) in [6, 6.07) is 0.484. The average molecular weight is 183 g/mol. The van der Waals surface area contributed by atoms with E-state index in [9.17, 15) is 4.79 Å². The van der Waals surface area contributed by atoms with E-state index in [0.717, 1.165) is 6.54 Å². The van der Waals surface area contributed by atoms with Crippen LogP contribution in [-0.4, -0.2) is 28.6 Å². The summed E-state index contributed by atoms with van der Waals surface area (Å²) < 4.78 is 0.